The third-order valence-electron chi connectivity index (χ3n) is 6.34. The molecule has 4 nitrogen and oxygen atoms in total. The van der Waals surface area contributed by atoms with Gasteiger partial charge < -0.3 is 20.7 Å². The predicted octanol–water partition coefficient (Wildman–Crippen LogP) is 4.60. The minimum Gasteiger partial charge on any atom is -0.493 e. The van der Waals surface area contributed by atoms with Crippen LogP contribution in [0.25, 0.3) is 0 Å². The fourth-order valence-electron chi connectivity index (χ4n) is 4.35. The first-order chi connectivity index (χ1) is 15.3. The van der Waals surface area contributed by atoms with Crippen LogP contribution >= 0.6 is 0 Å². The Labute approximate surface area is 187 Å². The number of aryl methyl sites for hydroxylation is 2. The Morgan fingerprint density at radius 2 is 1.81 bits per heavy atom. The SMILES string of the molecule is NC(CO)(CO)CCc1ccc(OCCCC2CCCc3ccccc32)c(C(F)(F)F)c1. The molecule has 0 spiro atoms. The fourth-order valence-corrected chi connectivity index (χ4v) is 4.35. The number of fused-ring (bicyclic) bond motifs is 1. The topological polar surface area (TPSA) is 75.7 Å². The van der Waals surface area contributed by atoms with E-state index in [0.717, 1.165) is 31.7 Å². The van der Waals surface area contributed by atoms with Crippen molar-refractivity contribution in [1.29, 1.82) is 0 Å². The summed E-state index contributed by atoms with van der Waals surface area (Å²) in [6.45, 7) is -0.660. The lowest BCUT2D eigenvalue weighted by atomic mass is 9.80. The second-order valence-corrected chi connectivity index (χ2v) is 8.79. The van der Waals surface area contributed by atoms with Gasteiger partial charge >= 0.3 is 6.18 Å². The van der Waals surface area contributed by atoms with E-state index in [1.807, 2.05) is 12.1 Å². The minimum absolute atomic E-state index is 0.167. The quantitative estimate of drug-likeness (QED) is 0.462. The van der Waals surface area contributed by atoms with Gasteiger partial charge in [0.25, 0.3) is 0 Å². The van der Waals surface area contributed by atoms with Crippen LogP contribution in [0, 0.1) is 0 Å². The molecule has 0 aromatic heterocycles. The average Bonchev–Trinajstić information content (AvgIpc) is 2.80. The standard InChI is InChI=1S/C25H32F3NO3/c26-25(27,28)22-15-18(12-13-24(29,16-30)17-31)10-11-23(22)32-14-4-8-20-7-3-6-19-5-1-2-9-21(19)20/h1-2,5,9-11,15,20,30-31H,3-4,6-8,12-14,16-17,29H2. The molecule has 1 unspecified atom stereocenters. The highest BCUT2D eigenvalue weighted by molar-refractivity contribution is 5.39. The molecule has 1 atom stereocenters. The maximum absolute atomic E-state index is 13.6. The van der Waals surface area contributed by atoms with Crippen molar-refractivity contribution in [2.75, 3.05) is 19.8 Å². The second kappa shape index (κ2) is 10.7. The van der Waals surface area contributed by atoms with Gasteiger partial charge in [-0.15, -0.1) is 0 Å². The van der Waals surface area contributed by atoms with E-state index in [0.29, 0.717) is 17.9 Å². The Balaban J connectivity index is 1.60. The molecule has 0 saturated carbocycles. The van der Waals surface area contributed by atoms with Crippen LogP contribution in [0.5, 0.6) is 5.75 Å². The highest BCUT2D eigenvalue weighted by Crippen LogP contribution is 2.38. The second-order valence-electron chi connectivity index (χ2n) is 8.79. The van der Waals surface area contributed by atoms with Crippen molar-refractivity contribution in [2.24, 2.45) is 5.73 Å². The zero-order valence-corrected chi connectivity index (χ0v) is 18.2. The maximum atomic E-state index is 13.6. The lowest BCUT2D eigenvalue weighted by Gasteiger charge is -2.25. The normalized spacial score (nSPS) is 16.6. The molecule has 176 valence electrons. The summed E-state index contributed by atoms with van der Waals surface area (Å²) in [5.41, 5.74) is 6.97. The summed E-state index contributed by atoms with van der Waals surface area (Å²) < 4.78 is 46.4. The Morgan fingerprint density at radius 3 is 2.53 bits per heavy atom. The molecule has 1 aliphatic rings. The van der Waals surface area contributed by atoms with Gasteiger partial charge in [-0.2, -0.15) is 13.2 Å². The van der Waals surface area contributed by atoms with E-state index in [1.54, 1.807) is 6.07 Å². The number of aliphatic hydroxyl groups excluding tert-OH is 2. The molecule has 3 rings (SSSR count). The van der Waals surface area contributed by atoms with E-state index in [-0.39, 0.29) is 25.2 Å². The van der Waals surface area contributed by atoms with E-state index >= 15 is 0 Å². The van der Waals surface area contributed by atoms with Gasteiger partial charge in [-0.3, -0.25) is 0 Å². The third kappa shape index (κ3) is 6.24. The Bertz CT molecular complexity index is 881. The first-order valence-electron chi connectivity index (χ1n) is 11.2. The zero-order chi connectivity index (χ0) is 23.2. The van der Waals surface area contributed by atoms with Gasteiger partial charge in [0.2, 0.25) is 0 Å². The molecule has 4 N–H and O–H groups in total. The van der Waals surface area contributed by atoms with Gasteiger partial charge in [0, 0.05) is 0 Å². The summed E-state index contributed by atoms with van der Waals surface area (Å²) in [7, 11) is 0. The number of benzene rings is 2. The molecule has 0 bridgehead atoms. The van der Waals surface area contributed by atoms with Crippen molar-refractivity contribution in [3.05, 3.63) is 64.7 Å². The molecule has 1 aliphatic carbocycles. The van der Waals surface area contributed by atoms with Crippen LogP contribution in [0.15, 0.2) is 42.5 Å². The molecule has 0 aliphatic heterocycles. The molecule has 32 heavy (non-hydrogen) atoms. The number of aliphatic hydroxyl groups is 2. The van der Waals surface area contributed by atoms with Crippen LogP contribution in [0.4, 0.5) is 13.2 Å². The smallest absolute Gasteiger partial charge is 0.419 e. The third-order valence-corrected chi connectivity index (χ3v) is 6.34. The first-order valence-corrected chi connectivity index (χ1v) is 11.2. The number of ether oxygens (including phenoxy) is 1. The molecule has 0 heterocycles. The van der Waals surface area contributed by atoms with Gasteiger partial charge in [0.15, 0.2) is 0 Å². The number of hydrogen-bond acceptors (Lipinski definition) is 4. The molecular weight excluding hydrogens is 419 g/mol. The lowest BCUT2D eigenvalue weighted by Crippen LogP contribution is -2.47. The Hall–Kier alpha value is -2.09. The molecule has 0 radical (unpaired) electrons. The molecule has 7 heteroatoms. The van der Waals surface area contributed by atoms with Crippen molar-refractivity contribution in [1.82, 2.24) is 0 Å². The summed E-state index contributed by atoms with van der Waals surface area (Å²) in [5, 5.41) is 18.6. The largest absolute Gasteiger partial charge is 0.493 e. The van der Waals surface area contributed by atoms with Crippen molar-refractivity contribution >= 4 is 0 Å². The van der Waals surface area contributed by atoms with E-state index in [1.165, 1.54) is 17.2 Å². The van der Waals surface area contributed by atoms with Crippen molar-refractivity contribution in [3.8, 4) is 5.75 Å². The number of nitrogens with two attached hydrogens (primary N) is 1. The lowest BCUT2D eigenvalue weighted by molar-refractivity contribution is -0.139. The molecule has 2 aromatic carbocycles. The Morgan fingerprint density at radius 1 is 1.06 bits per heavy atom. The van der Waals surface area contributed by atoms with Crippen molar-refractivity contribution in [3.63, 3.8) is 0 Å². The summed E-state index contributed by atoms with van der Waals surface area (Å²) >= 11 is 0. The van der Waals surface area contributed by atoms with Gasteiger partial charge in [0.05, 0.1) is 30.9 Å². The first kappa shape index (κ1) is 24.6. The average molecular weight is 452 g/mol. The highest BCUT2D eigenvalue weighted by atomic mass is 19.4. The molecule has 0 amide bonds. The zero-order valence-electron chi connectivity index (χ0n) is 18.2. The van der Waals surface area contributed by atoms with Crippen molar-refractivity contribution in [2.45, 2.75) is 62.6 Å². The van der Waals surface area contributed by atoms with Gasteiger partial charge in [0.1, 0.15) is 5.75 Å². The van der Waals surface area contributed by atoms with Gasteiger partial charge in [-0.05, 0) is 79.7 Å². The van der Waals surface area contributed by atoms with Gasteiger partial charge in [-0.1, -0.05) is 30.3 Å². The number of hydrogen-bond donors (Lipinski definition) is 3. The molecular formula is C25H32F3NO3. The van der Waals surface area contributed by atoms with Crippen LogP contribution in [0.3, 0.4) is 0 Å². The van der Waals surface area contributed by atoms with E-state index < -0.39 is 30.5 Å². The highest BCUT2D eigenvalue weighted by Gasteiger charge is 2.35. The van der Waals surface area contributed by atoms with E-state index in [4.69, 9.17) is 10.5 Å². The van der Waals surface area contributed by atoms with Crippen LogP contribution in [-0.2, 0) is 19.0 Å². The summed E-state index contributed by atoms with van der Waals surface area (Å²) in [6, 6.07) is 12.4. The van der Waals surface area contributed by atoms with E-state index in [2.05, 4.69) is 12.1 Å². The summed E-state index contributed by atoms with van der Waals surface area (Å²) in [4.78, 5) is 0. The minimum atomic E-state index is -4.54. The summed E-state index contributed by atoms with van der Waals surface area (Å²) in [5.74, 6) is 0.260. The van der Waals surface area contributed by atoms with Crippen LogP contribution in [-0.4, -0.2) is 35.6 Å². The summed E-state index contributed by atoms with van der Waals surface area (Å²) in [6.07, 6.45) is 0.733. The van der Waals surface area contributed by atoms with E-state index in [9.17, 15) is 23.4 Å². The molecule has 0 fully saturated rings. The Kier molecular flexibility index (Phi) is 8.20. The molecule has 2 aromatic rings. The monoisotopic (exact) mass is 451 g/mol. The van der Waals surface area contributed by atoms with Crippen LogP contribution in [0.2, 0.25) is 0 Å². The van der Waals surface area contributed by atoms with Crippen molar-refractivity contribution < 1.29 is 28.1 Å². The molecule has 0 saturated heterocycles. The van der Waals surface area contributed by atoms with Gasteiger partial charge in [-0.25, -0.2) is 0 Å². The number of rotatable bonds is 10. The maximum Gasteiger partial charge on any atom is 0.419 e. The fraction of sp³-hybridized carbons (Fsp3) is 0.520. The number of halogens is 3. The van der Waals surface area contributed by atoms with Crippen LogP contribution in [0.1, 0.15) is 60.3 Å². The predicted molar refractivity (Wildman–Crippen MR) is 118 cm³/mol. The number of alkyl halides is 3. The van der Waals surface area contributed by atoms with Crippen LogP contribution < -0.4 is 10.5 Å².